The van der Waals surface area contributed by atoms with Crippen molar-refractivity contribution in [3.05, 3.63) is 71.0 Å². The molecule has 7 heteroatoms. The topological polar surface area (TPSA) is 66.2 Å². The van der Waals surface area contributed by atoms with E-state index >= 15 is 0 Å². The van der Waals surface area contributed by atoms with E-state index < -0.39 is 0 Å². The Kier molecular flexibility index (Phi) is 7.11. The molecule has 4 aromatic rings. The minimum absolute atomic E-state index is 0. The van der Waals surface area contributed by atoms with Gasteiger partial charge in [0.15, 0.2) is 0 Å². The van der Waals surface area contributed by atoms with Crippen LogP contribution in [0.4, 0.5) is 0 Å². The SMILES string of the molecule is Oc1ccc(Cl)c2cccnc12.Oc1ccc(Cl)c2cccnc12.[Ca+2].[H-].[H-]. The molecule has 0 saturated carbocycles. The third kappa shape index (κ3) is 4.46. The summed E-state index contributed by atoms with van der Waals surface area (Å²) < 4.78 is 0. The van der Waals surface area contributed by atoms with Crippen molar-refractivity contribution in [2.75, 3.05) is 0 Å². The molecule has 0 atom stereocenters. The number of fused-ring (bicyclic) bond motifs is 2. The van der Waals surface area contributed by atoms with Gasteiger partial charge in [-0.3, -0.25) is 9.97 Å². The summed E-state index contributed by atoms with van der Waals surface area (Å²) in [5.74, 6) is 0.324. The minimum Gasteiger partial charge on any atom is -1.00 e. The van der Waals surface area contributed by atoms with Crippen LogP contribution in [0, 0.1) is 0 Å². The van der Waals surface area contributed by atoms with Gasteiger partial charge in [0.2, 0.25) is 0 Å². The summed E-state index contributed by atoms with van der Waals surface area (Å²) in [5.41, 5.74) is 1.09. The number of pyridine rings is 2. The van der Waals surface area contributed by atoms with Crippen molar-refractivity contribution in [1.29, 1.82) is 0 Å². The monoisotopic (exact) mass is 400 g/mol. The molecule has 4 nitrogen and oxygen atoms in total. The zero-order chi connectivity index (χ0) is 17.1. The predicted molar refractivity (Wildman–Crippen MR) is 105 cm³/mol. The first kappa shape index (κ1) is 20.0. The van der Waals surface area contributed by atoms with Gasteiger partial charge in [-0.15, -0.1) is 0 Å². The minimum atomic E-state index is 0. The molecule has 0 spiro atoms. The van der Waals surface area contributed by atoms with Crippen molar-refractivity contribution in [3.8, 4) is 11.5 Å². The van der Waals surface area contributed by atoms with Crippen LogP contribution in [0.25, 0.3) is 21.8 Å². The van der Waals surface area contributed by atoms with Crippen LogP contribution >= 0.6 is 23.2 Å². The molecular formula is C18H14CaCl2N2O2. The van der Waals surface area contributed by atoms with Gasteiger partial charge in [0, 0.05) is 23.2 Å². The Morgan fingerprint density at radius 2 is 1.08 bits per heavy atom. The van der Waals surface area contributed by atoms with Gasteiger partial charge in [-0.05, 0) is 48.5 Å². The van der Waals surface area contributed by atoms with Crippen molar-refractivity contribution in [2.45, 2.75) is 0 Å². The fraction of sp³-hybridized carbons (Fsp3) is 0. The van der Waals surface area contributed by atoms with E-state index in [2.05, 4.69) is 9.97 Å². The van der Waals surface area contributed by atoms with E-state index in [0.717, 1.165) is 10.8 Å². The molecule has 2 aromatic carbocycles. The van der Waals surface area contributed by atoms with Gasteiger partial charge in [-0.2, -0.15) is 0 Å². The van der Waals surface area contributed by atoms with Gasteiger partial charge in [0.1, 0.15) is 22.5 Å². The van der Waals surface area contributed by atoms with E-state index in [-0.39, 0.29) is 52.1 Å². The third-order valence-electron chi connectivity index (χ3n) is 3.39. The Hall–Kier alpha value is -1.30. The van der Waals surface area contributed by atoms with Crippen LogP contribution in [0.15, 0.2) is 60.9 Å². The summed E-state index contributed by atoms with van der Waals surface area (Å²) in [6.45, 7) is 0. The Labute approximate surface area is 187 Å². The van der Waals surface area contributed by atoms with Gasteiger partial charge in [0.25, 0.3) is 0 Å². The number of aromatic hydroxyl groups is 2. The molecule has 0 radical (unpaired) electrons. The maximum absolute atomic E-state index is 9.37. The standard InChI is InChI=1S/2C9H6ClNO.Ca.2H/c2*10-7-3-4-8(12)9-6(7)2-1-5-11-9;;;/h2*1-5,12H;;;/q;;+2;2*-1. The number of nitrogens with zero attached hydrogens (tertiary/aromatic N) is 2. The smallest absolute Gasteiger partial charge is 1.00 e. The summed E-state index contributed by atoms with van der Waals surface area (Å²) in [6.07, 6.45) is 3.25. The average molecular weight is 401 g/mol. The third-order valence-corrected chi connectivity index (χ3v) is 4.05. The second-order valence-corrected chi connectivity index (χ2v) is 5.75. The number of phenols is 2. The largest absolute Gasteiger partial charge is 2.00 e. The molecule has 2 heterocycles. The van der Waals surface area contributed by atoms with E-state index in [1.165, 1.54) is 12.1 Å². The number of halogens is 2. The zero-order valence-corrected chi connectivity index (χ0v) is 16.7. The van der Waals surface area contributed by atoms with Gasteiger partial charge in [-0.25, -0.2) is 0 Å². The van der Waals surface area contributed by atoms with Crippen molar-refractivity contribution in [2.24, 2.45) is 0 Å². The van der Waals surface area contributed by atoms with Crippen LogP contribution in [0.2, 0.25) is 10.0 Å². The van der Waals surface area contributed by atoms with Crippen molar-refractivity contribution in [3.63, 3.8) is 0 Å². The first-order valence-corrected chi connectivity index (χ1v) is 7.78. The molecule has 0 unspecified atom stereocenters. The molecule has 0 amide bonds. The fourth-order valence-electron chi connectivity index (χ4n) is 2.25. The first-order chi connectivity index (χ1) is 11.6. The number of benzene rings is 2. The Morgan fingerprint density at radius 1 is 0.680 bits per heavy atom. The molecule has 0 aliphatic carbocycles. The van der Waals surface area contributed by atoms with Gasteiger partial charge < -0.3 is 13.1 Å². The van der Waals surface area contributed by atoms with Crippen molar-refractivity contribution < 1.29 is 13.1 Å². The average Bonchev–Trinajstić information content (AvgIpc) is 2.63. The second kappa shape index (κ2) is 8.88. The van der Waals surface area contributed by atoms with Crippen LogP contribution in [0.1, 0.15) is 2.85 Å². The number of phenolic OH excluding ortho intramolecular Hbond substituents is 2. The molecule has 2 aromatic heterocycles. The van der Waals surface area contributed by atoms with E-state index in [0.29, 0.717) is 21.1 Å². The molecule has 25 heavy (non-hydrogen) atoms. The summed E-state index contributed by atoms with van der Waals surface area (Å²) in [4.78, 5) is 8.01. The Morgan fingerprint density at radius 3 is 1.44 bits per heavy atom. The molecule has 0 saturated heterocycles. The van der Waals surface area contributed by atoms with Gasteiger partial charge in [0.05, 0.1) is 10.0 Å². The van der Waals surface area contributed by atoms with Crippen LogP contribution in [0.3, 0.4) is 0 Å². The summed E-state index contributed by atoms with van der Waals surface area (Å²) in [7, 11) is 0. The quantitative estimate of drug-likeness (QED) is 0.406. The maximum atomic E-state index is 9.37. The number of rotatable bonds is 0. The van der Waals surface area contributed by atoms with Crippen LogP contribution in [-0.2, 0) is 0 Å². The zero-order valence-electron chi connectivity index (χ0n) is 15.0. The Bertz CT molecular complexity index is 874. The molecule has 0 bridgehead atoms. The summed E-state index contributed by atoms with van der Waals surface area (Å²) in [5, 5.41) is 21.5. The van der Waals surface area contributed by atoms with Crippen LogP contribution in [0.5, 0.6) is 11.5 Å². The van der Waals surface area contributed by atoms with E-state index in [9.17, 15) is 10.2 Å². The number of hydrogen-bond acceptors (Lipinski definition) is 4. The van der Waals surface area contributed by atoms with Gasteiger partial charge >= 0.3 is 37.7 Å². The van der Waals surface area contributed by atoms with Crippen molar-refractivity contribution in [1.82, 2.24) is 9.97 Å². The fourth-order valence-corrected chi connectivity index (χ4v) is 2.68. The van der Waals surface area contributed by atoms with Gasteiger partial charge in [-0.1, -0.05) is 23.2 Å². The number of hydrogen-bond donors (Lipinski definition) is 2. The molecule has 4 rings (SSSR count). The normalized spacial score (nSPS) is 10.0. The molecule has 124 valence electrons. The molecule has 0 aliphatic heterocycles. The predicted octanol–water partition coefficient (Wildman–Crippen LogP) is 5.03. The maximum Gasteiger partial charge on any atom is 2.00 e. The van der Waals surface area contributed by atoms with Crippen LogP contribution in [-0.4, -0.2) is 57.9 Å². The number of aromatic nitrogens is 2. The van der Waals surface area contributed by atoms with E-state index in [1.54, 1.807) is 36.7 Å². The molecule has 2 N–H and O–H groups in total. The molecule has 0 fully saturated rings. The van der Waals surface area contributed by atoms with E-state index in [4.69, 9.17) is 23.2 Å². The second-order valence-electron chi connectivity index (χ2n) is 4.93. The molecular weight excluding hydrogens is 387 g/mol. The van der Waals surface area contributed by atoms with E-state index in [1.807, 2.05) is 12.1 Å². The summed E-state index contributed by atoms with van der Waals surface area (Å²) >= 11 is 11.8. The first-order valence-electron chi connectivity index (χ1n) is 7.02. The molecule has 0 aliphatic rings. The summed E-state index contributed by atoms with van der Waals surface area (Å²) in [6, 6.07) is 13.6. The van der Waals surface area contributed by atoms with Crippen LogP contribution < -0.4 is 0 Å². The van der Waals surface area contributed by atoms with Crippen molar-refractivity contribution >= 4 is 82.7 Å². The Balaban J connectivity index is 0.000000451.